The summed E-state index contributed by atoms with van der Waals surface area (Å²) >= 11 is 0. The van der Waals surface area contributed by atoms with Crippen molar-refractivity contribution < 1.29 is 4.79 Å². The second-order valence-corrected chi connectivity index (χ2v) is 3.49. The molecule has 0 atom stereocenters. The maximum Gasteiger partial charge on any atom is 0.221 e. The zero-order valence-corrected chi connectivity index (χ0v) is 9.42. The van der Waals surface area contributed by atoms with Gasteiger partial charge in [-0.15, -0.1) is 12.3 Å². The first-order valence-corrected chi connectivity index (χ1v) is 5.27. The summed E-state index contributed by atoms with van der Waals surface area (Å²) in [4.78, 5) is 10.8. The van der Waals surface area contributed by atoms with Crippen LogP contribution in [0.5, 0.6) is 0 Å². The minimum absolute atomic E-state index is 0.0604. The molecule has 0 aliphatic carbocycles. The Labute approximate surface area is 96.2 Å². The molecule has 0 bridgehead atoms. The Morgan fingerprint density at radius 3 is 2.50 bits per heavy atom. The fourth-order valence-corrected chi connectivity index (χ4v) is 1.30. The number of unbranched alkanes of at least 4 members (excludes halogenated alkanes) is 1. The lowest BCUT2D eigenvalue weighted by atomic mass is 10.2. The van der Waals surface area contributed by atoms with Gasteiger partial charge in [-0.05, 0) is 30.7 Å². The SMILES string of the molecule is C#CCCCNc1ccc(NC(C)=O)cc1. The number of nitrogens with one attached hydrogen (secondary N) is 2. The molecule has 3 nitrogen and oxygen atoms in total. The summed E-state index contributed by atoms with van der Waals surface area (Å²) in [5.41, 5.74) is 1.84. The number of anilines is 2. The van der Waals surface area contributed by atoms with Crippen molar-refractivity contribution in [3.05, 3.63) is 24.3 Å². The number of benzene rings is 1. The maximum atomic E-state index is 10.8. The van der Waals surface area contributed by atoms with Crippen molar-refractivity contribution in [2.24, 2.45) is 0 Å². The number of carbonyl (C=O) groups excluding carboxylic acids is 1. The minimum Gasteiger partial charge on any atom is -0.385 e. The standard InChI is InChI=1S/C13H16N2O/c1-3-4-5-10-14-12-6-8-13(9-7-12)15-11(2)16/h1,6-9,14H,4-5,10H2,2H3,(H,15,16). The van der Waals surface area contributed by atoms with Crippen molar-refractivity contribution >= 4 is 17.3 Å². The highest BCUT2D eigenvalue weighted by Crippen LogP contribution is 2.13. The zero-order valence-electron chi connectivity index (χ0n) is 9.42. The molecule has 0 fully saturated rings. The third-order valence-corrected chi connectivity index (χ3v) is 2.03. The molecule has 0 aliphatic rings. The Morgan fingerprint density at radius 1 is 1.31 bits per heavy atom. The van der Waals surface area contributed by atoms with Gasteiger partial charge in [-0.2, -0.15) is 0 Å². The van der Waals surface area contributed by atoms with Crippen LogP contribution in [0, 0.1) is 12.3 Å². The highest BCUT2D eigenvalue weighted by atomic mass is 16.1. The minimum atomic E-state index is -0.0604. The summed E-state index contributed by atoms with van der Waals surface area (Å²) in [5.74, 6) is 2.54. The predicted molar refractivity (Wildman–Crippen MR) is 67.3 cm³/mol. The molecule has 1 aromatic carbocycles. The van der Waals surface area contributed by atoms with Crippen LogP contribution in [-0.2, 0) is 4.79 Å². The number of hydrogen-bond donors (Lipinski definition) is 2. The van der Waals surface area contributed by atoms with Gasteiger partial charge in [-0.25, -0.2) is 0 Å². The molecule has 0 heterocycles. The van der Waals surface area contributed by atoms with Crippen molar-refractivity contribution in [1.29, 1.82) is 0 Å². The smallest absolute Gasteiger partial charge is 0.221 e. The van der Waals surface area contributed by atoms with E-state index in [1.54, 1.807) is 0 Å². The second-order valence-electron chi connectivity index (χ2n) is 3.49. The van der Waals surface area contributed by atoms with Crippen LogP contribution in [0.1, 0.15) is 19.8 Å². The van der Waals surface area contributed by atoms with Crippen LogP contribution in [0.3, 0.4) is 0 Å². The van der Waals surface area contributed by atoms with Gasteiger partial charge in [-0.3, -0.25) is 4.79 Å². The van der Waals surface area contributed by atoms with Gasteiger partial charge >= 0.3 is 0 Å². The first kappa shape index (κ1) is 12.1. The molecular formula is C13H16N2O. The molecule has 1 rings (SSSR count). The van der Waals surface area contributed by atoms with Crippen molar-refractivity contribution in [2.45, 2.75) is 19.8 Å². The van der Waals surface area contributed by atoms with Gasteiger partial charge in [0.2, 0.25) is 5.91 Å². The van der Waals surface area contributed by atoms with E-state index in [2.05, 4.69) is 16.6 Å². The fraction of sp³-hybridized carbons (Fsp3) is 0.308. The van der Waals surface area contributed by atoms with Crippen LogP contribution < -0.4 is 10.6 Å². The number of rotatable bonds is 5. The summed E-state index contributed by atoms with van der Waals surface area (Å²) in [6, 6.07) is 7.60. The van der Waals surface area contributed by atoms with Gasteiger partial charge in [0.15, 0.2) is 0 Å². The third kappa shape index (κ3) is 4.52. The Bertz CT molecular complexity index is 376. The predicted octanol–water partition coefficient (Wildman–Crippen LogP) is 2.47. The first-order chi connectivity index (χ1) is 7.72. The first-order valence-electron chi connectivity index (χ1n) is 5.27. The second kappa shape index (κ2) is 6.52. The highest BCUT2D eigenvalue weighted by Gasteiger charge is 1.95. The summed E-state index contributed by atoms with van der Waals surface area (Å²) in [5, 5.41) is 5.97. The van der Waals surface area contributed by atoms with Crippen LogP contribution in [0.15, 0.2) is 24.3 Å². The monoisotopic (exact) mass is 216 g/mol. The molecule has 2 N–H and O–H groups in total. The molecule has 0 spiro atoms. The molecule has 1 amide bonds. The molecule has 0 unspecified atom stereocenters. The lowest BCUT2D eigenvalue weighted by Crippen LogP contribution is -2.06. The lowest BCUT2D eigenvalue weighted by Gasteiger charge is -2.06. The van der Waals surface area contributed by atoms with Crippen LogP contribution in [-0.4, -0.2) is 12.5 Å². The zero-order chi connectivity index (χ0) is 11.8. The third-order valence-electron chi connectivity index (χ3n) is 2.03. The summed E-state index contributed by atoms with van der Waals surface area (Å²) < 4.78 is 0. The van der Waals surface area contributed by atoms with E-state index >= 15 is 0 Å². The van der Waals surface area contributed by atoms with E-state index in [-0.39, 0.29) is 5.91 Å². The Hall–Kier alpha value is -1.95. The van der Waals surface area contributed by atoms with E-state index < -0.39 is 0 Å². The van der Waals surface area contributed by atoms with Crippen LogP contribution in [0.2, 0.25) is 0 Å². The van der Waals surface area contributed by atoms with E-state index in [4.69, 9.17) is 6.42 Å². The molecule has 1 aromatic rings. The molecule has 0 aliphatic heterocycles. The molecule has 0 saturated heterocycles. The average molecular weight is 216 g/mol. The van der Waals surface area contributed by atoms with E-state index in [1.807, 2.05) is 24.3 Å². The molecule has 3 heteroatoms. The van der Waals surface area contributed by atoms with E-state index in [0.29, 0.717) is 0 Å². The fourth-order valence-electron chi connectivity index (χ4n) is 1.30. The summed E-state index contributed by atoms with van der Waals surface area (Å²) in [6.07, 6.45) is 6.91. The van der Waals surface area contributed by atoms with Crippen molar-refractivity contribution in [2.75, 3.05) is 17.2 Å². The van der Waals surface area contributed by atoms with Crippen LogP contribution in [0.4, 0.5) is 11.4 Å². The van der Waals surface area contributed by atoms with Crippen molar-refractivity contribution in [3.63, 3.8) is 0 Å². The van der Waals surface area contributed by atoms with Crippen LogP contribution >= 0.6 is 0 Å². The van der Waals surface area contributed by atoms with Gasteiger partial charge in [0.05, 0.1) is 0 Å². The quantitative estimate of drug-likeness (QED) is 0.586. The molecular weight excluding hydrogens is 200 g/mol. The highest BCUT2D eigenvalue weighted by molar-refractivity contribution is 5.88. The Morgan fingerprint density at radius 2 is 1.94 bits per heavy atom. The Balaban J connectivity index is 2.39. The van der Waals surface area contributed by atoms with Crippen molar-refractivity contribution in [1.82, 2.24) is 0 Å². The van der Waals surface area contributed by atoms with Gasteiger partial charge in [0.25, 0.3) is 0 Å². The van der Waals surface area contributed by atoms with E-state index in [0.717, 1.165) is 30.8 Å². The van der Waals surface area contributed by atoms with E-state index in [9.17, 15) is 4.79 Å². The molecule has 16 heavy (non-hydrogen) atoms. The number of terminal acetylenes is 1. The van der Waals surface area contributed by atoms with Gasteiger partial charge in [0, 0.05) is 31.3 Å². The largest absolute Gasteiger partial charge is 0.385 e. The number of amides is 1. The number of carbonyl (C=O) groups is 1. The molecule has 0 radical (unpaired) electrons. The van der Waals surface area contributed by atoms with Gasteiger partial charge < -0.3 is 10.6 Å². The molecule has 0 saturated carbocycles. The van der Waals surface area contributed by atoms with Crippen LogP contribution in [0.25, 0.3) is 0 Å². The molecule has 84 valence electrons. The normalized spacial score (nSPS) is 9.25. The number of hydrogen-bond acceptors (Lipinski definition) is 2. The van der Waals surface area contributed by atoms with Gasteiger partial charge in [-0.1, -0.05) is 0 Å². The van der Waals surface area contributed by atoms with E-state index in [1.165, 1.54) is 6.92 Å². The average Bonchev–Trinajstić information content (AvgIpc) is 2.26. The van der Waals surface area contributed by atoms with Gasteiger partial charge in [0.1, 0.15) is 0 Å². The maximum absolute atomic E-state index is 10.8. The topological polar surface area (TPSA) is 41.1 Å². The lowest BCUT2D eigenvalue weighted by molar-refractivity contribution is -0.114. The molecule has 0 aromatic heterocycles. The van der Waals surface area contributed by atoms with Crippen molar-refractivity contribution in [3.8, 4) is 12.3 Å². The summed E-state index contributed by atoms with van der Waals surface area (Å²) in [7, 11) is 0. The Kier molecular flexibility index (Phi) is 4.94. The summed E-state index contributed by atoms with van der Waals surface area (Å²) in [6.45, 7) is 2.36.